The van der Waals surface area contributed by atoms with Crippen LogP contribution in [0.5, 0.6) is 0 Å². The van der Waals surface area contributed by atoms with Crippen LogP contribution in [0.25, 0.3) is 116 Å². The van der Waals surface area contributed by atoms with Gasteiger partial charge in [-0.15, -0.1) is 0 Å². The van der Waals surface area contributed by atoms with Crippen LogP contribution < -0.4 is 0 Å². The molecule has 0 saturated carbocycles. The first kappa shape index (κ1) is 30.8. The van der Waals surface area contributed by atoms with Gasteiger partial charge in [0.25, 0.3) is 0 Å². The molecule has 0 radical (unpaired) electrons. The summed E-state index contributed by atoms with van der Waals surface area (Å²) in [6.07, 6.45) is 0. The molecule has 4 aromatic heterocycles. The summed E-state index contributed by atoms with van der Waals surface area (Å²) in [5.41, 5.74) is 11.3. The fourth-order valence-electron chi connectivity index (χ4n) is 8.52. The second-order valence-corrected chi connectivity index (χ2v) is 14.4. The SMILES string of the molecule is c1ccc(-c2cc(-c3ccccc3)cc(-c3nc4nc(n3)c3cccc5c6ccc7c8ccccc8n(c8cccc(c8)c8cccc4c8)c7c6oc35)c2)cc1. The minimum absolute atomic E-state index is 0.554. The zero-order valence-electron chi connectivity index (χ0n) is 30.0. The van der Waals surface area contributed by atoms with Crippen LogP contribution in [0.4, 0.5) is 0 Å². The maximum Gasteiger partial charge on any atom is 0.167 e. The van der Waals surface area contributed by atoms with E-state index in [4.69, 9.17) is 19.4 Å². The molecule has 260 valence electrons. The highest BCUT2D eigenvalue weighted by Crippen LogP contribution is 2.41. The van der Waals surface area contributed by atoms with Crippen molar-refractivity contribution in [2.24, 2.45) is 0 Å². The minimum atomic E-state index is 0.554. The Hall–Kier alpha value is -7.63. The van der Waals surface area contributed by atoms with Gasteiger partial charge in [-0.3, -0.25) is 0 Å². The van der Waals surface area contributed by atoms with Crippen molar-refractivity contribution >= 4 is 82.1 Å². The van der Waals surface area contributed by atoms with E-state index in [0.29, 0.717) is 17.1 Å². The van der Waals surface area contributed by atoms with Crippen molar-refractivity contribution < 1.29 is 4.42 Å². The minimum Gasteiger partial charge on any atom is -0.453 e. The lowest BCUT2D eigenvalue weighted by atomic mass is 9.96. The first-order chi connectivity index (χ1) is 27.7. The number of benzene rings is 8. The van der Waals surface area contributed by atoms with Gasteiger partial charge in [0, 0.05) is 38.0 Å². The molecule has 5 nitrogen and oxygen atoms in total. The van der Waals surface area contributed by atoms with E-state index in [0.717, 1.165) is 93.2 Å². The van der Waals surface area contributed by atoms with Crippen molar-refractivity contribution in [3.63, 3.8) is 0 Å². The Morgan fingerprint density at radius 1 is 0.357 bits per heavy atom. The molecule has 0 saturated heterocycles. The van der Waals surface area contributed by atoms with Crippen LogP contribution >= 0.6 is 0 Å². The van der Waals surface area contributed by atoms with Gasteiger partial charge in [-0.25, -0.2) is 15.0 Å². The number of furan rings is 1. The van der Waals surface area contributed by atoms with Crippen molar-refractivity contribution in [3.8, 4) is 33.6 Å². The van der Waals surface area contributed by atoms with Gasteiger partial charge in [0.1, 0.15) is 5.58 Å². The largest absolute Gasteiger partial charge is 0.453 e. The molecule has 0 unspecified atom stereocenters. The van der Waals surface area contributed by atoms with Gasteiger partial charge >= 0.3 is 0 Å². The number of fused-ring (bicyclic) bond motifs is 14. The van der Waals surface area contributed by atoms with E-state index in [1.807, 2.05) is 12.1 Å². The topological polar surface area (TPSA) is 56.2 Å². The summed E-state index contributed by atoms with van der Waals surface area (Å²) in [6.45, 7) is 0. The predicted octanol–water partition coefficient (Wildman–Crippen LogP) is 13.4. The highest BCUT2D eigenvalue weighted by Gasteiger charge is 2.19. The van der Waals surface area contributed by atoms with Crippen LogP contribution in [0.15, 0.2) is 186 Å². The lowest BCUT2D eigenvalue weighted by Crippen LogP contribution is -1.95. The third-order valence-corrected chi connectivity index (χ3v) is 11.1. The van der Waals surface area contributed by atoms with Crippen LogP contribution in [0.1, 0.15) is 0 Å². The third kappa shape index (κ3) is 4.71. The maximum absolute atomic E-state index is 7.09. The highest BCUT2D eigenvalue weighted by molar-refractivity contribution is 6.23. The Labute approximate surface area is 320 Å². The summed E-state index contributed by atoms with van der Waals surface area (Å²) < 4.78 is 9.44. The predicted molar refractivity (Wildman–Crippen MR) is 231 cm³/mol. The molecule has 56 heavy (non-hydrogen) atoms. The molecule has 0 fully saturated rings. The van der Waals surface area contributed by atoms with Crippen molar-refractivity contribution in [1.29, 1.82) is 0 Å². The molecule has 0 spiro atoms. The Kier molecular flexibility index (Phi) is 6.56. The van der Waals surface area contributed by atoms with Crippen LogP contribution in [0.2, 0.25) is 0 Å². The Morgan fingerprint density at radius 2 is 0.946 bits per heavy atom. The maximum atomic E-state index is 7.09. The number of hydrogen-bond acceptors (Lipinski definition) is 4. The van der Waals surface area contributed by atoms with Crippen LogP contribution in [-0.2, 0) is 0 Å². The van der Waals surface area contributed by atoms with Crippen molar-refractivity contribution in [2.45, 2.75) is 0 Å². The molecule has 0 aliphatic carbocycles. The first-order valence-electron chi connectivity index (χ1n) is 18.8. The van der Waals surface area contributed by atoms with Crippen molar-refractivity contribution in [2.75, 3.05) is 0 Å². The Bertz CT molecular complexity index is 3530. The summed E-state index contributed by atoms with van der Waals surface area (Å²) in [4.78, 5) is 15.8. The molecule has 0 aliphatic heterocycles. The van der Waals surface area contributed by atoms with Gasteiger partial charge < -0.3 is 8.82 Å². The van der Waals surface area contributed by atoms with E-state index in [1.165, 1.54) is 5.39 Å². The molecule has 12 aromatic rings. The summed E-state index contributed by atoms with van der Waals surface area (Å²) in [5, 5.41) is 8.27. The summed E-state index contributed by atoms with van der Waals surface area (Å²) in [5.74, 6) is 0.590. The monoisotopic (exact) mass is 714 g/mol. The lowest BCUT2D eigenvalue weighted by molar-refractivity contribution is 0.675. The quantitative estimate of drug-likeness (QED) is 0.183. The number of aromatic nitrogens is 4. The van der Waals surface area contributed by atoms with Gasteiger partial charge in [-0.05, 0) is 87.6 Å². The summed E-state index contributed by atoms with van der Waals surface area (Å²) in [7, 11) is 0. The molecule has 0 N–H and O–H groups in total. The van der Waals surface area contributed by atoms with Gasteiger partial charge in [-0.1, -0.05) is 127 Å². The normalized spacial score (nSPS) is 11.9. The third-order valence-electron chi connectivity index (χ3n) is 11.1. The average molecular weight is 715 g/mol. The van der Waals surface area contributed by atoms with E-state index < -0.39 is 0 Å². The van der Waals surface area contributed by atoms with E-state index in [2.05, 4.69) is 174 Å². The standard InChI is InChI=1S/C51H30N4O/c1-3-12-31(13-4-1)36-27-37(32-14-5-2-6-15-32)29-38(28-36)50-52-49-35-18-9-16-33(26-35)34-17-10-19-39(30-34)55-45-23-8-7-20-40(45)41-24-25-43-42-21-11-22-44(51(53-49)54-50)47(42)56-48(43)46(41)55/h1-30H. The fourth-order valence-corrected chi connectivity index (χ4v) is 8.52. The molecule has 0 aliphatic rings. The number of hydrogen-bond donors (Lipinski definition) is 0. The zero-order chi connectivity index (χ0) is 36.7. The van der Waals surface area contributed by atoms with Gasteiger partial charge in [0.15, 0.2) is 22.7 Å². The van der Waals surface area contributed by atoms with Gasteiger partial charge in [0.05, 0.1) is 16.4 Å². The highest BCUT2D eigenvalue weighted by atomic mass is 16.3. The number of para-hydroxylation sites is 2. The fraction of sp³-hybridized carbons (Fsp3) is 0. The number of nitrogens with zero attached hydrogens (tertiary/aromatic N) is 4. The molecule has 8 bridgehead atoms. The molecule has 12 rings (SSSR count). The average Bonchev–Trinajstić information content (AvgIpc) is 3.83. The van der Waals surface area contributed by atoms with E-state index in [-0.39, 0.29) is 0 Å². The molecule has 8 aromatic carbocycles. The first-order valence-corrected chi connectivity index (χ1v) is 18.8. The van der Waals surface area contributed by atoms with Gasteiger partial charge in [-0.2, -0.15) is 0 Å². The second-order valence-electron chi connectivity index (χ2n) is 14.4. The molecule has 4 heterocycles. The lowest BCUT2D eigenvalue weighted by Gasteiger charge is -2.11. The Morgan fingerprint density at radius 3 is 1.75 bits per heavy atom. The van der Waals surface area contributed by atoms with Crippen molar-refractivity contribution in [1.82, 2.24) is 19.4 Å². The van der Waals surface area contributed by atoms with E-state index in [9.17, 15) is 0 Å². The van der Waals surface area contributed by atoms with E-state index in [1.54, 1.807) is 0 Å². The Balaban J connectivity index is 1.27. The van der Waals surface area contributed by atoms with Crippen LogP contribution in [-0.4, -0.2) is 19.4 Å². The number of rotatable bonds is 3. The smallest absolute Gasteiger partial charge is 0.167 e. The molecular weight excluding hydrogens is 685 g/mol. The van der Waals surface area contributed by atoms with Gasteiger partial charge in [0.2, 0.25) is 0 Å². The van der Waals surface area contributed by atoms with Crippen molar-refractivity contribution in [3.05, 3.63) is 182 Å². The molecule has 5 heteroatoms. The van der Waals surface area contributed by atoms with E-state index >= 15 is 0 Å². The molecule has 0 amide bonds. The zero-order valence-corrected chi connectivity index (χ0v) is 30.0. The van der Waals surface area contributed by atoms with Crippen LogP contribution in [0.3, 0.4) is 0 Å². The molecule has 0 atom stereocenters. The summed E-state index contributed by atoms with van der Waals surface area (Å²) >= 11 is 0. The van der Waals surface area contributed by atoms with Crippen LogP contribution in [0, 0.1) is 0 Å². The molecular formula is C51H30N4O. The summed E-state index contributed by atoms with van der Waals surface area (Å²) in [6, 6.07) is 64.1. The second kappa shape index (κ2) is 11.9.